The van der Waals surface area contributed by atoms with Crippen molar-refractivity contribution in [3.05, 3.63) is 51.0 Å². The lowest BCUT2D eigenvalue weighted by molar-refractivity contribution is -0.384. The summed E-state index contributed by atoms with van der Waals surface area (Å²) < 4.78 is 41.0. The van der Waals surface area contributed by atoms with Gasteiger partial charge in [0.2, 0.25) is 5.39 Å². The Bertz CT molecular complexity index is 560. The average Bonchev–Trinajstić information content (AvgIpc) is 2.28. The van der Waals surface area contributed by atoms with E-state index in [4.69, 9.17) is 10.5 Å². The first kappa shape index (κ1) is 14.2. The van der Waals surface area contributed by atoms with E-state index in [9.17, 15) is 23.3 Å². The molecule has 0 saturated heterocycles. The number of aliphatic hydroxyl groups excluding tert-OH is 1. The third kappa shape index (κ3) is 3.56. The van der Waals surface area contributed by atoms with Crippen LogP contribution in [0.15, 0.2) is 35.9 Å². The van der Waals surface area contributed by atoms with Crippen molar-refractivity contribution in [1.82, 2.24) is 0 Å². The molecule has 0 amide bonds. The van der Waals surface area contributed by atoms with Crippen LogP contribution in [-0.2, 0) is 0 Å². The molecule has 0 saturated carbocycles. The van der Waals surface area contributed by atoms with Crippen molar-refractivity contribution < 1.29 is 27.9 Å². The van der Waals surface area contributed by atoms with Crippen LogP contribution in [0.3, 0.4) is 0 Å². The molecule has 0 aromatic heterocycles. The number of hydrogen-bond acceptors (Lipinski definition) is 5. The van der Waals surface area contributed by atoms with Crippen molar-refractivity contribution in [3.63, 3.8) is 0 Å². The molecule has 0 aliphatic heterocycles. The second kappa shape index (κ2) is 5.21. The van der Waals surface area contributed by atoms with Gasteiger partial charge < -0.3 is 9.84 Å². The van der Waals surface area contributed by atoms with Gasteiger partial charge in [0.1, 0.15) is 5.75 Å². The number of aliphatic hydroxyl groups is 1. The maximum Gasteiger partial charge on any atom is 0.544 e. The third-order valence-electron chi connectivity index (χ3n) is 1.83. The monoisotopic (exact) mass is 276 g/mol. The van der Waals surface area contributed by atoms with E-state index in [0.29, 0.717) is 0 Å². The number of hydrogen-bond donors (Lipinski definition) is 1. The second-order valence-corrected chi connectivity index (χ2v) is 3.10. The number of diazo groups is 1. The topological polar surface area (TPSA) is 101 Å². The number of benzene rings is 1. The standard InChI is InChI=1S/C9H4F3N3O4/c10-9(11,12)7(14-13)8(16)19-6-3-1-5(2-4-6)15(17)18/h1-4H/p+1/b8-7+. The molecule has 0 bridgehead atoms. The van der Waals surface area contributed by atoms with Gasteiger partial charge in [-0.25, -0.2) is 0 Å². The molecular weight excluding hydrogens is 271 g/mol. The second-order valence-electron chi connectivity index (χ2n) is 3.10. The largest absolute Gasteiger partial charge is 0.544 e. The van der Waals surface area contributed by atoms with Gasteiger partial charge in [0.05, 0.1) is 4.92 Å². The van der Waals surface area contributed by atoms with Crippen molar-refractivity contribution in [2.24, 2.45) is 0 Å². The number of alkyl halides is 3. The summed E-state index contributed by atoms with van der Waals surface area (Å²) in [5, 5.41) is 27.5. The summed E-state index contributed by atoms with van der Waals surface area (Å²) in [6.07, 6.45) is -5.11. The third-order valence-corrected chi connectivity index (χ3v) is 1.83. The van der Waals surface area contributed by atoms with Gasteiger partial charge in [-0.2, -0.15) is 13.2 Å². The maximum atomic E-state index is 12.2. The smallest absolute Gasteiger partial charge is 0.475 e. The first-order valence-electron chi connectivity index (χ1n) is 4.53. The first-order valence-corrected chi connectivity index (χ1v) is 4.53. The quantitative estimate of drug-likeness (QED) is 0.395. The van der Waals surface area contributed by atoms with Gasteiger partial charge in [-0.15, -0.1) is 0 Å². The maximum absolute atomic E-state index is 12.2. The van der Waals surface area contributed by atoms with Crippen LogP contribution in [0.5, 0.6) is 5.75 Å². The Morgan fingerprint density at radius 3 is 2.26 bits per heavy atom. The van der Waals surface area contributed by atoms with Crippen LogP contribution in [-0.4, -0.2) is 16.2 Å². The van der Waals surface area contributed by atoms with Crippen molar-refractivity contribution in [2.45, 2.75) is 6.18 Å². The van der Waals surface area contributed by atoms with Crippen molar-refractivity contribution in [1.29, 1.82) is 5.39 Å². The van der Waals surface area contributed by atoms with Gasteiger partial charge in [0.25, 0.3) is 5.69 Å². The normalized spacial score (nSPS) is 12.3. The Balaban J connectivity index is 2.99. The first-order chi connectivity index (χ1) is 8.75. The number of allylic oxidation sites excluding steroid dienone is 1. The van der Waals surface area contributed by atoms with Crippen LogP contribution in [0.4, 0.5) is 18.9 Å². The summed E-state index contributed by atoms with van der Waals surface area (Å²) in [7, 11) is 0. The molecule has 0 atom stereocenters. The highest BCUT2D eigenvalue weighted by Gasteiger charge is 2.51. The number of nitro benzene ring substituents is 1. The SMILES string of the molecule is N#[N+]/C(=C(\O)Oc1ccc([N+](=O)[O-])cc1)C(F)(F)F. The molecule has 100 valence electrons. The zero-order valence-electron chi connectivity index (χ0n) is 8.96. The van der Waals surface area contributed by atoms with Gasteiger partial charge in [0, 0.05) is 12.1 Å². The lowest BCUT2D eigenvalue weighted by Gasteiger charge is -2.02. The van der Waals surface area contributed by atoms with Gasteiger partial charge in [-0.05, 0) is 12.1 Å². The lowest BCUT2D eigenvalue weighted by atomic mass is 10.3. The average molecular weight is 276 g/mol. The molecule has 0 heterocycles. The minimum Gasteiger partial charge on any atom is -0.475 e. The van der Waals surface area contributed by atoms with Gasteiger partial charge in [-0.3, -0.25) is 10.1 Å². The Hall–Kier alpha value is -2.83. The minimum absolute atomic E-state index is 0.298. The molecule has 7 nitrogen and oxygen atoms in total. The predicted molar refractivity (Wildman–Crippen MR) is 54.5 cm³/mol. The Morgan fingerprint density at radius 2 is 1.89 bits per heavy atom. The van der Waals surface area contributed by atoms with E-state index in [1.807, 2.05) is 4.98 Å². The van der Waals surface area contributed by atoms with Crippen molar-refractivity contribution in [2.75, 3.05) is 0 Å². The molecule has 1 N–H and O–H groups in total. The molecule has 0 radical (unpaired) electrons. The molecular formula is C9H5F3N3O4+. The molecule has 10 heteroatoms. The Labute approximate surface area is 103 Å². The number of nitro groups is 1. The summed E-state index contributed by atoms with van der Waals surface area (Å²) in [6.45, 7) is 0. The Morgan fingerprint density at radius 1 is 1.37 bits per heavy atom. The van der Waals surface area contributed by atoms with Crippen molar-refractivity contribution in [3.8, 4) is 5.75 Å². The van der Waals surface area contributed by atoms with E-state index in [-0.39, 0.29) is 11.4 Å². The molecule has 1 aromatic rings. The highest BCUT2D eigenvalue weighted by Crippen LogP contribution is 2.29. The summed E-state index contributed by atoms with van der Waals surface area (Å²) in [4.78, 5) is 11.5. The molecule has 1 aromatic carbocycles. The number of rotatable bonds is 3. The zero-order valence-corrected chi connectivity index (χ0v) is 8.96. The summed E-state index contributed by atoms with van der Waals surface area (Å²) >= 11 is 0. The van der Waals surface area contributed by atoms with Gasteiger partial charge in [0.15, 0.2) is 4.98 Å². The van der Waals surface area contributed by atoms with Crippen LogP contribution >= 0.6 is 0 Å². The highest BCUT2D eigenvalue weighted by atomic mass is 19.4. The molecule has 0 aliphatic carbocycles. The van der Waals surface area contributed by atoms with Gasteiger partial charge in [-0.1, -0.05) is 0 Å². The highest BCUT2D eigenvalue weighted by molar-refractivity contribution is 5.36. The van der Waals surface area contributed by atoms with Crippen LogP contribution in [0.2, 0.25) is 0 Å². The van der Waals surface area contributed by atoms with E-state index in [0.717, 1.165) is 24.3 Å². The number of non-ortho nitro benzene ring substituents is 1. The molecule has 0 aliphatic rings. The molecule has 0 unspecified atom stereocenters. The Kier molecular flexibility index (Phi) is 3.91. The van der Waals surface area contributed by atoms with E-state index in [2.05, 4.69) is 4.74 Å². The van der Waals surface area contributed by atoms with Crippen LogP contribution in [0, 0.1) is 15.5 Å². The zero-order chi connectivity index (χ0) is 14.6. The fourth-order valence-corrected chi connectivity index (χ4v) is 1.02. The minimum atomic E-state index is -5.11. The molecule has 1 rings (SSSR count). The summed E-state index contributed by atoms with van der Waals surface area (Å²) in [6, 6.07) is 3.87. The summed E-state index contributed by atoms with van der Waals surface area (Å²) in [5.41, 5.74) is -2.33. The molecule has 0 spiro atoms. The van der Waals surface area contributed by atoms with Crippen molar-refractivity contribution >= 4 is 5.69 Å². The number of halogens is 3. The van der Waals surface area contributed by atoms with E-state index in [1.54, 1.807) is 0 Å². The lowest BCUT2D eigenvalue weighted by Crippen LogP contribution is -2.14. The van der Waals surface area contributed by atoms with Gasteiger partial charge >= 0.3 is 17.8 Å². The summed E-state index contributed by atoms with van der Waals surface area (Å²) in [5.74, 6) is -1.97. The fourth-order valence-electron chi connectivity index (χ4n) is 1.02. The molecule has 0 fully saturated rings. The van der Waals surface area contributed by atoms with Crippen LogP contribution < -0.4 is 4.74 Å². The van der Waals surface area contributed by atoms with Crippen LogP contribution in [0.25, 0.3) is 4.98 Å². The van der Waals surface area contributed by atoms with E-state index >= 15 is 0 Å². The molecule has 19 heavy (non-hydrogen) atoms. The number of nitrogens with zero attached hydrogens (tertiary/aromatic N) is 3. The fraction of sp³-hybridized carbons (Fsp3) is 0.111. The van der Waals surface area contributed by atoms with E-state index < -0.39 is 22.7 Å². The van der Waals surface area contributed by atoms with E-state index in [1.165, 1.54) is 0 Å². The predicted octanol–water partition coefficient (Wildman–Crippen LogP) is 3.12. The number of ether oxygens (including phenoxy) is 1. The van der Waals surface area contributed by atoms with Crippen LogP contribution in [0.1, 0.15) is 0 Å².